The SMILES string of the molecule is O=C(CC1CCCCC1)N[C@@H]1CCCC[C@@H](O)[C@@H]1O. The molecule has 3 atom stereocenters. The number of amides is 1. The molecule has 0 aromatic carbocycles. The average molecular weight is 269 g/mol. The molecule has 2 fully saturated rings. The molecule has 0 spiro atoms. The van der Waals surface area contributed by atoms with Crippen molar-refractivity contribution in [2.24, 2.45) is 5.92 Å². The lowest BCUT2D eigenvalue weighted by atomic mass is 9.86. The summed E-state index contributed by atoms with van der Waals surface area (Å²) in [5, 5.41) is 22.7. The third-order valence-electron chi connectivity index (χ3n) is 4.62. The molecule has 0 heterocycles. The first-order chi connectivity index (χ1) is 9.16. The molecule has 0 saturated heterocycles. The van der Waals surface area contributed by atoms with Gasteiger partial charge in [0.15, 0.2) is 0 Å². The number of nitrogens with one attached hydrogen (secondary N) is 1. The molecule has 4 heteroatoms. The molecule has 2 rings (SSSR count). The third-order valence-corrected chi connectivity index (χ3v) is 4.62. The van der Waals surface area contributed by atoms with E-state index in [1.165, 1.54) is 19.3 Å². The highest BCUT2D eigenvalue weighted by molar-refractivity contribution is 5.76. The van der Waals surface area contributed by atoms with E-state index in [-0.39, 0.29) is 11.9 Å². The van der Waals surface area contributed by atoms with E-state index in [9.17, 15) is 15.0 Å². The van der Waals surface area contributed by atoms with Gasteiger partial charge in [-0.25, -0.2) is 0 Å². The van der Waals surface area contributed by atoms with E-state index < -0.39 is 12.2 Å². The lowest BCUT2D eigenvalue weighted by Gasteiger charge is -2.26. The maximum absolute atomic E-state index is 12.0. The van der Waals surface area contributed by atoms with Crippen molar-refractivity contribution in [1.82, 2.24) is 5.32 Å². The van der Waals surface area contributed by atoms with Crippen molar-refractivity contribution in [3.05, 3.63) is 0 Å². The zero-order valence-corrected chi connectivity index (χ0v) is 11.7. The Morgan fingerprint density at radius 2 is 1.58 bits per heavy atom. The molecule has 0 radical (unpaired) electrons. The van der Waals surface area contributed by atoms with E-state index in [2.05, 4.69) is 5.32 Å². The second-order valence-electron chi connectivity index (χ2n) is 6.22. The molecule has 19 heavy (non-hydrogen) atoms. The van der Waals surface area contributed by atoms with Crippen molar-refractivity contribution in [2.75, 3.05) is 0 Å². The standard InChI is InChI=1S/C15H27NO3/c17-13-9-5-4-8-12(15(13)19)16-14(18)10-11-6-2-1-3-7-11/h11-13,15,17,19H,1-10H2,(H,16,18)/t12-,13-,15-/m1/s1. The van der Waals surface area contributed by atoms with Gasteiger partial charge in [-0.15, -0.1) is 0 Å². The van der Waals surface area contributed by atoms with Crippen LogP contribution in [0.25, 0.3) is 0 Å². The van der Waals surface area contributed by atoms with E-state index in [4.69, 9.17) is 0 Å². The van der Waals surface area contributed by atoms with Gasteiger partial charge in [0, 0.05) is 6.42 Å². The monoisotopic (exact) mass is 269 g/mol. The second kappa shape index (κ2) is 7.25. The average Bonchev–Trinajstić information content (AvgIpc) is 2.55. The highest BCUT2D eigenvalue weighted by Gasteiger charge is 2.30. The molecule has 0 bridgehead atoms. The van der Waals surface area contributed by atoms with Gasteiger partial charge in [0.2, 0.25) is 5.91 Å². The quantitative estimate of drug-likeness (QED) is 0.684. The van der Waals surface area contributed by atoms with Gasteiger partial charge in [0.1, 0.15) is 0 Å². The minimum atomic E-state index is -0.808. The molecule has 2 aliphatic rings. The molecule has 110 valence electrons. The predicted molar refractivity (Wildman–Crippen MR) is 73.6 cm³/mol. The van der Waals surface area contributed by atoms with Crippen LogP contribution in [0.2, 0.25) is 0 Å². The first-order valence-corrected chi connectivity index (χ1v) is 7.82. The highest BCUT2D eigenvalue weighted by atomic mass is 16.3. The fraction of sp³-hybridized carbons (Fsp3) is 0.933. The van der Waals surface area contributed by atoms with Crippen LogP contribution in [0.4, 0.5) is 0 Å². The minimum absolute atomic E-state index is 0.0463. The number of carbonyl (C=O) groups excluding carboxylic acids is 1. The van der Waals surface area contributed by atoms with Gasteiger partial charge in [0.25, 0.3) is 0 Å². The fourth-order valence-corrected chi connectivity index (χ4v) is 3.40. The molecule has 2 saturated carbocycles. The van der Waals surface area contributed by atoms with E-state index in [1.54, 1.807) is 0 Å². The first kappa shape index (κ1) is 14.8. The number of hydrogen-bond donors (Lipinski definition) is 3. The third kappa shape index (κ3) is 4.46. The maximum atomic E-state index is 12.0. The summed E-state index contributed by atoms with van der Waals surface area (Å²) in [5.74, 6) is 0.562. The second-order valence-corrected chi connectivity index (χ2v) is 6.22. The molecule has 3 N–H and O–H groups in total. The molecule has 0 aromatic rings. The van der Waals surface area contributed by atoms with Crippen LogP contribution in [0.3, 0.4) is 0 Å². The normalized spacial score (nSPS) is 33.7. The van der Waals surface area contributed by atoms with Crippen LogP contribution in [0.1, 0.15) is 64.2 Å². The van der Waals surface area contributed by atoms with E-state index >= 15 is 0 Å². The van der Waals surface area contributed by atoms with Crippen molar-refractivity contribution in [3.8, 4) is 0 Å². The summed E-state index contributed by atoms with van der Waals surface area (Å²) >= 11 is 0. The van der Waals surface area contributed by atoms with Gasteiger partial charge >= 0.3 is 0 Å². The lowest BCUT2D eigenvalue weighted by molar-refractivity contribution is -0.124. The summed E-state index contributed by atoms with van der Waals surface area (Å²) in [7, 11) is 0. The number of hydrogen-bond acceptors (Lipinski definition) is 3. The van der Waals surface area contributed by atoms with Gasteiger partial charge in [-0.3, -0.25) is 4.79 Å². The Hall–Kier alpha value is -0.610. The van der Waals surface area contributed by atoms with Crippen LogP contribution in [-0.4, -0.2) is 34.4 Å². The van der Waals surface area contributed by atoms with Crippen molar-refractivity contribution in [1.29, 1.82) is 0 Å². The number of rotatable bonds is 3. The van der Waals surface area contributed by atoms with Crippen molar-refractivity contribution in [2.45, 2.75) is 82.5 Å². The number of aliphatic hydroxyl groups excluding tert-OH is 2. The number of carbonyl (C=O) groups is 1. The van der Waals surface area contributed by atoms with Crippen LogP contribution < -0.4 is 5.32 Å². The Bertz CT molecular complexity index is 289. The summed E-state index contributed by atoms with van der Waals surface area (Å²) in [5.41, 5.74) is 0. The van der Waals surface area contributed by atoms with Gasteiger partial charge in [-0.05, 0) is 31.6 Å². The van der Waals surface area contributed by atoms with E-state index in [0.29, 0.717) is 18.8 Å². The summed E-state index contributed by atoms with van der Waals surface area (Å²) in [6, 6.07) is -0.270. The molecule has 0 aromatic heterocycles. The van der Waals surface area contributed by atoms with Crippen LogP contribution in [-0.2, 0) is 4.79 Å². The van der Waals surface area contributed by atoms with Crippen molar-refractivity contribution < 1.29 is 15.0 Å². The fourth-order valence-electron chi connectivity index (χ4n) is 3.40. The number of aliphatic hydroxyl groups is 2. The molecule has 0 unspecified atom stereocenters. The van der Waals surface area contributed by atoms with E-state index in [1.807, 2.05) is 0 Å². The van der Waals surface area contributed by atoms with Gasteiger partial charge < -0.3 is 15.5 Å². The van der Waals surface area contributed by atoms with Crippen LogP contribution in [0.5, 0.6) is 0 Å². The molecular formula is C15H27NO3. The minimum Gasteiger partial charge on any atom is -0.390 e. The molecule has 1 amide bonds. The van der Waals surface area contributed by atoms with Crippen LogP contribution in [0, 0.1) is 5.92 Å². The summed E-state index contributed by atoms with van der Waals surface area (Å²) in [6.45, 7) is 0. The summed E-state index contributed by atoms with van der Waals surface area (Å²) < 4.78 is 0. The Kier molecular flexibility index (Phi) is 5.64. The Balaban J connectivity index is 1.79. The summed E-state index contributed by atoms with van der Waals surface area (Å²) in [6.07, 6.45) is 8.46. The Labute approximate surface area is 115 Å². The van der Waals surface area contributed by atoms with Gasteiger partial charge in [-0.2, -0.15) is 0 Å². The smallest absolute Gasteiger partial charge is 0.220 e. The molecular weight excluding hydrogens is 242 g/mol. The van der Waals surface area contributed by atoms with Gasteiger partial charge in [0.05, 0.1) is 18.2 Å². The summed E-state index contributed by atoms with van der Waals surface area (Å²) in [4.78, 5) is 12.0. The van der Waals surface area contributed by atoms with Crippen molar-refractivity contribution >= 4 is 5.91 Å². The zero-order valence-electron chi connectivity index (χ0n) is 11.7. The van der Waals surface area contributed by atoms with Gasteiger partial charge in [-0.1, -0.05) is 32.1 Å². The largest absolute Gasteiger partial charge is 0.390 e. The highest BCUT2D eigenvalue weighted by Crippen LogP contribution is 2.26. The van der Waals surface area contributed by atoms with Crippen LogP contribution >= 0.6 is 0 Å². The Morgan fingerprint density at radius 3 is 2.32 bits per heavy atom. The predicted octanol–water partition coefficient (Wildman–Crippen LogP) is 1.74. The Morgan fingerprint density at radius 1 is 0.947 bits per heavy atom. The molecule has 0 aliphatic heterocycles. The van der Waals surface area contributed by atoms with E-state index in [0.717, 1.165) is 32.1 Å². The molecule has 4 nitrogen and oxygen atoms in total. The topological polar surface area (TPSA) is 69.6 Å². The molecule has 2 aliphatic carbocycles. The maximum Gasteiger partial charge on any atom is 0.220 e. The van der Waals surface area contributed by atoms with Crippen LogP contribution in [0.15, 0.2) is 0 Å². The zero-order chi connectivity index (χ0) is 13.7. The first-order valence-electron chi connectivity index (χ1n) is 7.82. The van der Waals surface area contributed by atoms with Crippen molar-refractivity contribution in [3.63, 3.8) is 0 Å². The lowest BCUT2D eigenvalue weighted by Crippen LogP contribution is -2.47.